The smallest absolute Gasteiger partial charge is 0.320 e. The van der Waals surface area contributed by atoms with Gasteiger partial charge in [-0.05, 0) is 18.8 Å². The van der Waals surface area contributed by atoms with Gasteiger partial charge >= 0.3 is 12.0 Å². The van der Waals surface area contributed by atoms with Crippen LogP contribution in [-0.4, -0.2) is 66.8 Å². The highest BCUT2D eigenvalue weighted by atomic mass is 16.5. The Hall–Kier alpha value is -1.56. The maximum atomic E-state index is 12.4. The van der Waals surface area contributed by atoms with E-state index in [1.165, 1.54) is 0 Å². The Balaban J connectivity index is 2.46. The van der Waals surface area contributed by atoms with Crippen LogP contribution in [0.5, 0.6) is 0 Å². The summed E-state index contributed by atoms with van der Waals surface area (Å²) in [6.07, 6.45) is 3.40. The molecule has 1 aliphatic rings. The van der Waals surface area contributed by atoms with E-state index >= 15 is 0 Å². The minimum Gasteiger partial charge on any atom is -0.481 e. The molecule has 0 atom stereocenters. The van der Waals surface area contributed by atoms with Gasteiger partial charge in [0, 0.05) is 39.7 Å². The SMILES string of the molecule is C=CCN(CCOC)C(=O)N1CCC(CC(=O)O)CC1. The number of carbonyl (C=O) groups is 2. The fourth-order valence-electron chi connectivity index (χ4n) is 2.40. The van der Waals surface area contributed by atoms with Gasteiger partial charge in [0.05, 0.1) is 6.61 Å². The summed E-state index contributed by atoms with van der Waals surface area (Å²) in [5.74, 6) is -0.577. The van der Waals surface area contributed by atoms with Gasteiger partial charge in [-0.15, -0.1) is 6.58 Å². The highest BCUT2D eigenvalue weighted by Crippen LogP contribution is 2.21. The molecule has 114 valence electrons. The van der Waals surface area contributed by atoms with Gasteiger partial charge in [-0.2, -0.15) is 0 Å². The number of hydrogen-bond donors (Lipinski definition) is 1. The Morgan fingerprint density at radius 3 is 2.60 bits per heavy atom. The Kier molecular flexibility index (Phi) is 7.08. The third-order valence-electron chi connectivity index (χ3n) is 3.53. The van der Waals surface area contributed by atoms with Gasteiger partial charge in [-0.25, -0.2) is 4.79 Å². The van der Waals surface area contributed by atoms with Crippen molar-refractivity contribution in [1.82, 2.24) is 9.80 Å². The number of likely N-dealkylation sites (tertiary alicyclic amines) is 1. The zero-order valence-electron chi connectivity index (χ0n) is 12.1. The molecule has 6 heteroatoms. The number of amides is 2. The maximum absolute atomic E-state index is 12.4. The molecule has 1 aliphatic heterocycles. The number of piperidine rings is 1. The maximum Gasteiger partial charge on any atom is 0.320 e. The molecule has 0 spiro atoms. The molecule has 0 aromatic carbocycles. The quantitative estimate of drug-likeness (QED) is 0.718. The first kappa shape index (κ1) is 16.5. The number of urea groups is 1. The Labute approximate surface area is 120 Å². The van der Waals surface area contributed by atoms with Crippen molar-refractivity contribution in [3.63, 3.8) is 0 Å². The number of nitrogens with zero attached hydrogens (tertiary/aromatic N) is 2. The zero-order chi connectivity index (χ0) is 15.0. The lowest BCUT2D eigenvalue weighted by atomic mass is 9.94. The van der Waals surface area contributed by atoms with Crippen molar-refractivity contribution in [2.24, 2.45) is 5.92 Å². The third-order valence-corrected chi connectivity index (χ3v) is 3.53. The summed E-state index contributed by atoms with van der Waals surface area (Å²) in [5, 5.41) is 8.78. The highest BCUT2D eigenvalue weighted by molar-refractivity contribution is 5.74. The Morgan fingerprint density at radius 1 is 1.45 bits per heavy atom. The van der Waals surface area contributed by atoms with E-state index in [-0.39, 0.29) is 18.4 Å². The molecule has 0 unspecified atom stereocenters. The van der Waals surface area contributed by atoms with E-state index in [1.54, 1.807) is 23.0 Å². The highest BCUT2D eigenvalue weighted by Gasteiger charge is 2.26. The molecule has 0 radical (unpaired) electrons. The lowest BCUT2D eigenvalue weighted by Crippen LogP contribution is -2.47. The summed E-state index contributed by atoms with van der Waals surface area (Å²) < 4.78 is 5.00. The van der Waals surface area contributed by atoms with Crippen LogP contribution in [0.15, 0.2) is 12.7 Å². The number of hydrogen-bond acceptors (Lipinski definition) is 3. The predicted octanol–water partition coefficient (Wildman–Crippen LogP) is 1.43. The summed E-state index contributed by atoms with van der Waals surface area (Å²) in [5.41, 5.74) is 0. The van der Waals surface area contributed by atoms with E-state index in [1.807, 2.05) is 0 Å². The number of carboxylic acid groups (broad SMARTS) is 1. The summed E-state index contributed by atoms with van der Waals surface area (Å²) in [4.78, 5) is 26.5. The van der Waals surface area contributed by atoms with Crippen LogP contribution in [0.1, 0.15) is 19.3 Å². The van der Waals surface area contributed by atoms with Gasteiger partial charge in [0.15, 0.2) is 0 Å². The second kappa shape index (κ2) is 8.58. The molecule has 20 heavy (non-hydrogen) atoms. The number of carbonyl (C=O) groups excluding carboxylic acids is 1. The number of ether oxygens (including phenoxy) is 1. The van der Waals surface area contributed by atoms with Crippen molar-refractivity contribution >= 4 is 12.0 Å². The van der Waals surface area contributed by atoms with Crippen LogP contribution >= 0.6 is 0 Å². The van der Waals surface area contributed by atoms with E-state index in [2.05, 4.69) is 6.58 Å². The average molecular weight is 284 g/mol. The van der Waals surface area contributed by atoms with Crippen molar-refractivity contribution in [2.45, 2.75) is 19.3 Å². The van der Waals surface area contributed by atoms with Crippen molar-refractivity contribution < 1.29 is 19.4 Å². The number of aliphatic carboxylic acids is 1. The molecular weight excluding hydrogens is 260 g/mol. The van der Waals surface area contributed by atoms with Crippen LogP contribution in [0.25, 0.3) is 0 Å². The van der Waals surface area contributed by atoms with Crippen LogP contribution < -0.4 is 0 Å². The first-order valence-electron chi connectivity index (χ1n) is 6.94. The van der Waals surface area contributed by atoms with Crippen molar-refractivity contribution in [1.29, 1.82) is 0 Å². The number of methoxy groups -OCH3 is 1. The summed E-state index contributed by atoms with van der Waals surface area (Å²) in [6.45, 7) is 6.44. The van der Waals surface area contributed by atoms with E-state index in [0.29, 0.717) is 32.8 Å². The lowest BCUT2D eigenvalue weighted by molar-refractivity contribution is -0.138. The monoisotopic (exact) mass is 284 g/mol. The second-order valence-electron chi connectivity index (χ2n) is 5.04. The van der Waals surface area contributed by atoms with Gasteiger partial charge in [0.1, 0.15) is 0 Å². The van der Waals surface area contributed by atoms with Crippen molar-refractivity contribution in [3.05, 3.63) is 12.7 Å². The summed E-state index contributed by atoms with van der Waals surface area (Å²) in [6, 6.07) is -0.0178. The van der Waals surface area contributed by atoms with E-state index in [9.17, 15) is 9.59 Å². The molecule has 0 aromatic rings. The van der Waals surface area contributed by atoms with Gasteiger partial charge in [0.25, 0.3) is 0 Å². The van der Waals surface area contributed by atoms with E-state index in [4.69, 9.17) is 9.84 Å². The van der Waals surface area contributed by atoms with Gasteiger partial charge < -0.3 is 19.6 Å². The fourth-order valence-corrected chi connectivity index (χ4v) is 2.40. The topological polar surface area (TPSA) is 70.1 Å². The van der Waals surface area contributed by atoms with Crippen LogP contribution in [0.2, 0.25) is 0 Å². The van der Waals surface area contributed by atoms with Crippen LogP contribution in [-0.2, 0) is 9.53 Å². The van der Waals surface area contributed by atoms with E-state index < -0.39 is 5.97 Å². The van der Waals surface area contributed by atoms with E-state index in [0.717, 1.165) is 12.8 Å². The van der Waals surface area contributed by atoms with Crippen LogP contribution in [0.3, 0.4) is 0 Å². The molecule has 1 N–H and O–H groups in total. The summed E-state index contributed by atoms with van der Waals surface area (Å²) >= 11 is 0. The molecule has 1 heterocycles. The molecule has 0 aromatic heterocycles. The first-order valence-corrected chi connectivity index (χ1v) is 6.94. The minimum absolute atomic E-state index is 0.0178. The molecule has 1 rings (SSSR count). The fraction of sp³-hybridized carbons (Fsp3) is 0.714. The zero-order valence-corrected chi connectivity index (χ0v) is 12.1. The van der Waals surface area contributed by atoms with Gasteiger partial charge in [0.2, 0.25) is 0 Å². The summed E-state index contributed by atoms with van der Waals surface area (Å²) in [7, 11) is 1.61. The second-order valence-corrected chi connectivity index (χ2v) is 5.04. The third kappa shape index (κ3) is 5.21. The minimum atomic E-state index is -0.761. The average Bonchev–Trinajstić information content (AvgIpc) is 2.43. The molecular formula is C14H24N2O4. The molecule has 0 saturated carbocycles. The molecule has 6 nitrogen and oxygen atoms in total. The van der Waals surface area contributed by atoms with Crippen molar-refractivity contribution in [3.8, 4) is 0 Å². The van der Waals surface area contributed by atoms with Crippen LogP contribution in [0.4, 0.5) is 4.79 Å². The largest absolute Gasteiger partial charge is 0.481 e. The molecule has 2 amide bonds. The normalized spacial score (nSPS) is 15.9. The first-order chi connectivity index (χ1) is 9.58. The molecule has 0 aliphatic carbocycles. The number of rotatable bonds is 7. The van der Waals surface area contributed by atoms with Crippen LogP contribution in [0, 0.1) is 5.92 Å². The van der Waals surface area contributed by atoms with Gasteiger partial charge in [-0.3, -0.25) is 4.79 Å². The number of carboxylic acids is 1. The van der Waals surface area contributed by atoms with Gasteiger partial charge in [-0.1, -0.05) is 6.08 Å². The Bertz CT molecular complexity index is 338. The predicted molar refractivity (Wildman–Crippen MR) is 75.6 cm³/mol. The molecule has 1 fully saturated rings. The molecule has 0 bridgehead atoms. The molecule has 1 saturated heterocycles. The lowest BCUT2D eigenvalue weighted by Gasteiger charge is -2.35. The van der Waals surface area contributed by atoms with Crippen molar-refractivity contribution in [2.75, 3.05) is 39.9 Å². The standard InChI is InChI=1S/C14H24N2O4/c1-3-6-15(9-10-20-2)14(19)16-7-4-12(5-8-16)11-13(17)18/h3,12H,1,4-11H2,2H3,(H,17,18). The Morgan fingerprint density at radius 2 is 2.10 bits per heavy atom.